The predicted octanol–water partition coefficient (Wildman–Crippen LogP) is 3.51. The number of benzene rings is 2. The van der Waals surface area contributed by atoms with Crippen LogP contribution in [0.5, 0.6) is 0 Å². The van der Waals surface area contributed by atoms with Gasteiger partial charge in [-0.2, -0.15) is 4.31 Å². The van der Waals surface area contributed by atoms with Crippen LogP contribution >= 0.6 is 12.4 Å². The minimum Gasteiger partial charge on any atom is -0.368 e. The normalized spacial score (nSPS) is 18.4. The maximum absolute atomic E-state index is 13.2. The molecular formula is C24H32ClFN4O2S. The van der Waals surface area contributed by atoms with E-state index in [1.54, 1.807) is 28.6 Å². The molecule has 1 fully saturated rings. The van der Waals surface area contributed by atoms with Gasteiger partial charge < -0.3 is 10.6 Å². The van der Waals surface area contributed by atoms with Crippen LogP contribution in [-0.4, -0.2) is 50.3 Å². The van der Waals surface area contributed by atoms with Gasteiger partial charge in [0.05, 0.1) is 17.0 Å². The molecule has 180 valence electrons. The van der Waals surface area contributed by atoms with Crippen molar-refractivity contribution in [2.75, 3.05) is 26.2 Å². The molecule has 0 bridgehead atoms. The zero-order valence-corrected chi connectivity index (χ0v) is 20.5. The van der Waals surface area contributed by atoms with Crippen LogP contribution in [0.25, 0.3) is 0 Å². The Morgan fingerprint density at radius 1 is 1.06 bits per heavy atom. The molecule has 2 heterocycles. The molecule has 2 aromatic rings. The third kappa shape index (κ3) is 5.74. The summed E-state index contributed by atoms with van der Waals surface area (Å²) in [6.07, 6.45) is 3.28. The molecule has 4 rings (SSSR count). The second-order valence-corrected chi connectivity index (χ2v) is 10.5. The number of halogens is 2. The molecule has 1 saturated heterocycles. The highest BCUT2D eigenvalue weighted by Crippen LogP contribution is 2.29. The fourth-order valence-corrected chi connectivity index (χ4v) is 5.94. The van der Waals surface area contributed by atoms with Gasteiger partial charge in [-0.05, 0) is 54.7 Å². The van der Waals surface area contributed by atoms with Crippen molar-refractivity contribution in [3.05, 3.63) is 65.5 Å². The van der Waals surface area contributed by atoms with E-state index >= 15 is 0 Å². The van der Waals surface area contributed by atoms with Crippen LogP contribution in [-0.2, 0) is 23.0 Å². The number of aliphatic imine (C=N–C) groups is 1. The lowest BCUT2D eigenvalue weighted by atomic mass is 9.85. The highest BCUT2D eigenvalue weighted by molar-refractivity contribution is 7.89. The lowest BCUT2D eigenvalue weighted by molar-refractivity contribution is 0.241. The summed E-state index contributed by atoms with van der Waals surface area (Å²) in [5, 5.41) is 7.01. The van der Waals surface area contributed by atoms with Gasteiger partial charge in [-0.3, -0.25) is 4.99 Å². The molecule has 2 N–H and O–H groups in total. The average molecular weight is 495 g/mol. The Morgan fingerprint density at radius 2 is 1.70 bits per heavy atom. The first-order valence-corrected chi connectivity index (χ1v) is 12.7. The zero-order valence-electron chi connectivity index (χ0n) is 18.9. The molecular weight excluding hydrogens is 463 g/mol. The third-order valence-corrected chi connectivity index (χ3v) is 8.26. The van der Waals surface area contributed by atoms with Crippen LogP contribution in [0.2, 0.25) is 0 Å². The quantitative estimate of drug-likeness (QED) is 0.644. The van der Waals surface area contributed by atoms with Gasteiger partial charge in [0.1, 0.15) is 11.7 Å². The highest BCUT2D eigenvalue weighted by atomic mass is 35.5. The van der Waals surface area contributed by atoms with E-state index in [9.17, 15) is 12.8 Å². The van der Waals surface area contributed by atoms with Crippen molar-refractivity contribution < 1.29 is 12.8 Å². The Balaban J connectivity index is 0.00000306. The van der Waals surface area contributed by atoms with Crippen molar-refractivity contribution in [3.63, 3.8) is 0 Å². The van der Waals surface area contributed by atoms with E-state index in [0.29, 0.717) is 43.9 Å². The fourth-order valence-electron chi connectivity index (χ4n) is 4.50. The molecule has 0 aliphatic carbocycles. The monoisotopic (exact) mass is 494 g/mol. The van der Waals surface area contributed by atoms with Gasteiger partial charge in [-0.1, -0.05) is 37.6 Å². The molecule has 0 unspecified atom stereocenters. The summed E-state index contributed by atoms with van der Waals surface area (Å²) in [5.41, 5.74) is 1.78. The van der Waals surface area contributed by atoms with E-state index in [4.69, 9.17) is 4.99 Å². The Morgan fingerprint density at radius 3 is 2.33 bits per heavy atom. The maximum Gasteiger partial charge on any atom is 0.243 e. The molecule has 2 aliphatic heterocycles. The largest absolute Gasteiger partial charge is 0.368 e. The summed E-state index contributed by atoms with van der Waals surface area (Å²) in [4.78, 5) is 5.07. The number of rotatable bonds is 6. The smallest absolute Gasteiger partial charge is 0.243 e. The van der Waals surface area contributed by atoms with Gasteiger partial charge >= 0.3 is 0 Å². The summed E-state index contributed by atoms with van der Waals surface area (Å²) < 4.78 is 41.1. The first-order chi connectivity index (χ1) is 15.4. The van der Waals surface area contributed by atoms with Crippen LogP contribution < -0.4 is 10.6 Å². The maximum atomic E-state index is 13.2. The predicted molar refractivity (Wildman–Crippen MR) is 132 cm³/mol. The topological polar surface area (TPSA) is 73.8 Å². The zero-order chi connectivity index (χ0) is 22.6. The molecule has 2 aliphatic rings. The molecule has 0 aromatic heterocycles. The number of piperidine rings is 1. The van der Waals surface area contributed by atoms with Crippen molar-refractivity contribution in [1.29, 1.82) is 0 Å². The molecule has 6 nitrogen and oxygen atoms in total. The van der Waals surface area contributed by atoms with E-state index < -0.39 is 10.0 Å². The lowest BCUT2D eigenvalue weighted by Gasteiger charge is -2.44. The van der Waals surface area contributed by atoms with E-state index in [2.05, 4.69) is 17.6 Å². The van der Waals surface area contributed by atoms with Crippen LogP contribution in [0.3, 0.4) is 0 Å². The minimum absolute atomic E-state index is 0. The van der Waals surface area contributed by atoms with Gasteiger partial charge in [0.15, 0.2) is 0 Å². The number of sulfonamides is 1. The Labute approximate surface area is 202 Å². The van der Waals surface area contributed by atoms with Crippen LogP contribution in [0, 0.1) is 5.82 Å². The first kappa shape index (κ1) is 25.6. The lowest BCUT2D eigenvalue weighted by Crippen LogP contribution is -2.64. The van der Waals surface area contributed by atoms with Gasteiger partial charge in [0.25, 0.3) is 0 Å². The average Bonchev–Trinajstić information content (AvgIpc) is 2.81. The molecule has 33 heavy (non-hydrogen) atoms. The van der Waals surface area contributed by atoms with Crippen molar-refractivity contribution in [3.8, 4) is 0 Å². The van der Waals surface area contributed by atoms with E-state index in [1.165, 1.54) is 12.1 Å². The van der Waals surface area contributed by atoms with Crippen molar-refractivity contribution in [2.45, 2.75) is 49.6 Å². The molecule has 2 aromatic carbocycles. The Kier molecular flexibility index (Phi) is 8.50. The number of aryl methyl sites for hydroxylation is 1. The van der Waals surface area contributed by atoms with Gasteiger partial charge in [0, 0.05) is 26.2 Å². The van der Waals surface area contributed by atoms with Crippen molar-refractivity contribution in [1.82, 2.24) is 14.9 Å². The number of hydrogen-bond donors (Lipinski definition) is 2. The Bertz CT molecular complexity index is 1050. The molecule has 0 saturated carbocycles. The summed E-state index contributed by atoms with van der Waals surface area (Å²) in [7, 11) is -3.52. The second kappa shape index (κ2) is 11.0. The SMILES string of the molecule is CCCc1ccc(S(=O)(=O)N2CCC3(CC2)NCCN=C3NCc2ccc(F)cc2)cc1.Cl. The summed E-state index contributed by atoms with van der Waals surface area (Å²) in [5.74, 6) is 0.615. The van der Waals surface area contributed by atoms with Crippen LogP contribution in [0.4, 0.5) is 4.39 Å². The fraction of sp³-hybridized carbons (Fsp3) is 0.458. The van der Waals surface area contributed by atoms with Crippen LogP contribution in [0.15, 0.2) is 58.4 Å². The standard InChI is InChI=1S/C24H31FN4O2S.ClH/c1-2-3-19-6-10-22(11-7-19)32(30,31)29-16-12-24(13-17-29)23(26-14-15-28-24)27-18-20-4-8-21(25)9-5-20;/h4-11,28H,2-3,12-18H2,1H3,(H,26,27);1H. The van der Waals surface area contributed by atoms with E-state index in [1.807, 2.05) is 12.1 Å². The highest BCUT2D eigenvalue weighted by Gasteiger charge is 2.43. The van der Waals surface area contributed by atoms with Crippen molar-refractivity contribution >= 4 is 28.3 Å². The third-order valence-electron chi connectivity index (χ3n) is 6.35. The number of nitrogens with one attached hydrogen (secondary N) is 2. The molecule has 0 atom stereocenters. The minimum atomic E-state index is -3.52. The van der Waals surface area contributed by atoms with Gasteiger partial charge in [0.2, 0.25) is 10.0 Å². The number of amidine groups is 1. The van der Waals surface area contributed by atoms with Gasteiger partial charge in [-0.15, -0.1) is 12.4 Å². The second-order valence-electron chi connectivity index (χ2n) is 8.52. The number of nitrogens with zero attached hydrogens (tertiary/aromatic N) is 2. The molecule has 0 radical (unpaired) electrons. The molecule has 9 heteroatoms. The summed E-state index contributed by atoms with van der Waals surface area (Å²) >= 11 is 0. The summed E-state index contributed by atoms with van der Waals surface area (Å²) in [6, 6.07) is 13.7. The Hall–Kier alpha value is -2.00. The summed E-state index contributed by atoms with van der Waals surface area (Å²) in [6.45, 7) is 4.98. The van der Waals surface area contributed by atoms with E-state index in [0.717, 1.165) is 36.3 Å². The first-order valence-electron chi connectivity index (χ1n) is 11.3. The van der Waals surface area contributed by atoms with Gasteiger partial charge in [-0.25, -0.2) is 12.8 Å². The van der Waals surface area contributed by atoms with E-state index in [-0.39, 0.29) is 23.8 Å². The van der Waals surface area contributed by atoms with Crippen LogP contribution in [0.1, 0.15) is 37.3 Å². The number of hydrogen-bond acceptors (Lipinski definition) is 5. The molecule has 1 spiro atoms. The van der Waals surface area contributed by atoms with Crippen molar-refractivity contribution in [2.24, 2.45) is 4.99 Å². The molecule has 0 amide bonds.